The second-order valence-electron chi connectivity index (χ2n) is 4.90. The minimum absolute atomic E-state index is 0.187. The first-order valence-electron chi connectivity index (χ1n) is 6.90. The van der Waals surface area contributed by atoms with E-state index in [1.54, 1.807) is 12.3 Å². The van der Waals surface area contributed by atoms with Gasteiger partial charge in [0.25, 0.3) is 5.91 Å². The molecular weight excluding hydrogens is 266 g/mol. The van der Waals surface area contributed by atoms with Crippen LogP contribution in [0, 0.1) is 0 Å². The Hall–Kier alpha value is -2.40. The lowest BCUT2D eigenvalue weighted by Crippen LogP contribution is -2.25. The number of nitrogens with zero attached hydrogens (tertiary/aromatic N) is 1. The van der Waals surface area contributed by atoms with E-state index in [1.807, 2.05) is 12.1 Å². The molecule has 1 amide bonds. The maximum atomic E-state index is 12.4. The highest BCUT2D eigenvalue weighted by molar-refractivity contribution is 6.06. The van der Waals surface area contributed by atoms with E-state index in [4.69, 9.17) is 4.74 Å². The van der Waals surface area contributed by atoms with Crippen LogP contribution in [0.25, 0.3) is 0 Å². The molecule has 2 heterocycles. The lowest BCUT2D eigenvalue weighted by atomic mass is 9.99. The van der Waals surface area contributed by atoms with Gasteiger partial charge in [-0.2, -0.15) is 0 Å². The summed E-state index contributed by atoms with van der Waals surface area (Å²) in [6.07, 6.45) is 4.11. The van der Waals surface area contributed by atoms with Crippen LogP contribution in [0.4, 0.5) is 5.69 Å². The van der Waals surface area contributed by atoms with Crippen molar-refractivity contribution in [2.75, 3.05) is 19.0 Å². The highest BCUT2D eigenvalue weighted by Gasteiger charge is 2.16. The number of nitrogens with one attached hydrogen (secondary N) is 2. The Bertz CT molecular complexity index is 670. The number of amides is 1. The van der Waals surface area contributed by atoms with Crippen LogP contribution in [-0.2, 0) is 13.0 Å². The van der Waals surface area contributed by atoms with Gasteiger partial charge in [-0.15, -0.1) is 0 Å². The highest BCUT2D eigenvalue weighted by Crippen LogP contribution is 2.24. The molecule has 2 aromatic rings. The number of rotatable bonds is 3. The number of hydrogen-bond acceptors (Lipinski definition) is 4. The van der Waals surface area contributed by atoms with E-state index in [9.17, 15) is 4.79 Å². The first-order valence-corrected chi connectivity index (χ1v) is 6.90. The molecule has 0 saturated carbocycles. The molecule has 21 heavy (non-hydrogen) atoms. The van der Waals surface area contributed by atoms with Crippen LogP contribution in [0.15, 0.2) is 36.7 Å². The van der Waals surface area contributed by atoms with Crippen LogP contribution in [0.3, 0.4) is 0 Å². The first-order chi connectivity index (χ1) is 10.3. The summed E-state index contributed by atoms with van der Waals surface area (Å²) >= 11 is 0. The molecule has 0 aliphatic carbocycles. The Morgan fingerprint density at radius 3 is 3.14 bits per heavy atom. The van der Waals surface area contributed by atoms with E-state index < -0.39 is 0 Å². The molecule has 1 aliphatic heterocycles. The van der Waals surface area contributed by atoms with Crippen molar-refractivity contribution in [3.05, 3.63) is 53.3 Å². The van der Waals surface area contributed by atoms with Gasteiger partial charge < -0.3 is 15.4 Å². The van der Waals surface area contributed by atoms with Gasteiger partial charge in [0.2, 0.25) is 0 Å². The minimum Gasteiger partial charge on any atom is -0.494 e. The summed E-state index contributed by atoms with van der Waals surface area (Å²) in [6, 6.07) is 7.67. The Kier molecular flexibility index (Phi) is 3.83. The highest BCUT2D eigenvalue weighted by atomic mass is 16.5. The Morgan fingerprint density at radius 2 is 2.29 bits per heavy atom. The molecule has 0 fully saturated rings. The molecule has 0 unspecified atom stereocenters. The van der Waals surface area contributed by atoms with Gasteiger partial charge >= 0.3 is 0 Å². The molecule has 5 nitrogen and oxygen atoms in total. The van der Waals surface area contributed by atoms with E-state index in [2.05, 4.69) is 21.7 Å². The van der Waals surface area contributed by atoms with E-state index in [0.717, 1.165) is 30.8 Å². The number of hydrogen-bond donors (Lipinski definition) is 2. The van der Waals surface area contributed by atoms with Crippen LogP contribution in [0.1, 0.15) is 21.5 Å². The maximum Gasteiger partial charge on any atom is 0.259 e. The molecule has 0 radical (unpaired) electrons. The van der Waals surface area contributed by atoms with Crippen LogP contribution in [-0.4, -0.2) is 24.5 Å². The SMILES string of the molecule is COc1cnccc1C(=O)Nc1cccc2c1CNCC2. The van der Waals surface area contributed by atoms with E-state index >= 15 is 0 Å². The summed E-state index contributed by atoms with van der Waals surface area (Å²) in [5.74, 6) is 0.283. The third-order valence-electron chi connectivity index (χ3n) is 3.64. The van der Waals surface area contributed by atoms with Gasteiger partial charge in [-0.25, -0.2) is 0 Å². The molecule has 5 heteroatoms. The van der Waals surface area contributed by atoms with Crippen molar-refractivity contribution in [1.82, 2.24) is 10.3 Å². The van der Waals surface area contributed by atoms with Gasteiger partial charge in [-0.05, 0) is 36.2 Å². The third-order valence-corrected chi connectivity index (χ3v) is 3.64. The molecule has 1 aromatic carbocycles. The zero-order chi connectivity index (χ0) is 14.7. The van der Waals surface area contributed by atoms with E-state index in [1.165, 1.54) is 18.9 Å². The number of benzene rings is 1. The summed E-state index contributed by atoms with van der Waals surface area (Å²) in [4.78, 5) is 16.4. The van der Waals surface area contributed by atoms with Gasteiger partial charge in [0.1, 0.15) is 5.75 Å². The molecule has 3 rings (SSSR count). The first kappa shape index (κ1) is 13.6. The number of anilines is 1. The second kappa shape index (κ2) is 5.93. The van der Waals surface area contributed by atoms with Crippen LogP contribution < -0.4 is 15.4 Å². The lowest BCUT2D eigenvalue weighted by Gasteiger charge is -2.20. The fraction of sp³-hybridized carbons (Fsp3) is 0.250. The Morgan fingerprint density at radius 1 is 1.38 bits per heavy atom. The largest absolute Gasteiger partial charge is 0.494 e. The van der Waals surface area contributed by atoms with Crippen molar-refractivity contribution in [3.63, 3.8) is 0 Å². The quantitative estimate of drug-likeness (QED) is 0.904. The van der Waals surface area contributed by atoms with Crippen molar-refractivity contribution >= 4 is 11.6 Å². The molecular formula is C16H17N3O2. The predicted molar refractivity (Wildman–Crippen MR) is 80.6 cm³/mol. The number of carbonyl (C=O) groups excluding carboxylic acids is 1. The van der Waals surface area contributed by atoms with Crippen molar-refractivity contribution in [2.45, 2.75) is 13.0 Å². The van der Waals surface area contributed by atoms with Crippen LogP contribution in [0.5, 0.6) is 5.75 Å². The Balaban J connectivity index is 1.88. The van der Waals surface area contributed by atoms with E-state index in [0.29, 0.717) is 11.3 Å². The fourth-order valence-corrected chi connectivity index (χ4v) is 2.55. The molecule has 0 bridgehead atoms. The van der Waals surface area contributed by atoms with Crippen molar-refractivity contribution in [1.29, 1.82) is 0 Å². The number of methoxy groups -OCH3 is 1. The molecule has 1 aromatic heterocycles. The minimum atomic E-state index is -0.187. The second-order valence-corrected chi connectivity index (χ2v) is 4.90. The number of carbonyl (C=O) groups is 1. The van der Waals surface area contributed by atoms with Gasteiger partial charge in [0.15, 0.2) is 0 Å². The van der Waals surface area contributed by atoms with E-state index in [-0.39, 0.29) is 5.91 Å². The number of aromatic nitrogens is 1. The van der Waals surface area contributed by atoms with Crippen molar-refractivity contribution in [3.8, 4) is 5.75 Å². The third kappa shape index (κ3) is 2.73. The van der Waals surface area contributed by atoms with Crippen molar-refractivity contribution in [2.24, 2.45) is 0 Å². The normalized spacial score (nSPS) is 13.4. The maximum absolute atomic E-state index is 12.4. The predicted octanol–water partition coefficient (Wildman–Crippen LogP) is 1.99. The number of fused-ring (bicyclic) bond motifs is 1. The number of pyridine rings is 1. The summed E-state index contributed by atoms with van der Waals surface area (Å²) in [5, 5.41) is 6.31. The smallest absolute Gasteiger partial charge is 0.259 e. The zero-order valence-corrected chi connectivity index (χ0v) is 11.8. The van der Waals surface area contributed by atoms with Crippen LogP contribution >= 0.6 is 0 Å². The standard InChI is InChI=1S/C16H17N3O2/c1-21-15-10-18-8-6-12(15)16(20)19-14-4-2-3-11-5-7-17-9-13(11)14/h2-4,6,8,10,17H,5,7,9H2,1H3,(H,19,20). The van der Waals surface area contributed by atoms with Gasteiger partial charge in [-0.3, -0.25) is 9.78 Å². The fourth-order valence-electron chi connectivity index (χ4n) is 2.55. The average molecular weight is 283 g/mol. The molecule has 0 atom stereocenters. The summed E-state index contributed by atoms with van der Waals surface area (Å²) in [7, 11) is 1.53. The monoisotopic (exact) mass is 283 g/mol. The lowest BCUT2D eigenvalue weighted by molar-refractivity contribution is 0.102. The topological polar surface area (TPSA) is 63.2 Å². The molecule has 108 valence electrons. The molecule has 1 aliphatic rings. The van der Waals surface area contributed by atoms with Crippen LogP contribution in [0.2, 0.25) is 0 Å². The van der Waals surface area contributed by atoms with Crippen molar-refractivity contribution < 1.29 is 9.53 Å². The zero-order valence-electron chi connectivity index (χ0n) is 11.8. The molecule has 0 saturated heterocycles. The molecule has 2 N–H and O–H groups in total. The summed E-state index contributed by atoms with van der Waals surface area (Å²) in [5.41, 5.74) is 3.77. The summed E-state index contributed by atoms with van der Waals surface area (Å²) < 4.78 is 5.18. The van der Waals surface area contributed by atoms with Gasteiger partial charge in [0.05, 0.1) is 18.9 Å². The number of ether oxygens (including phenoxy) is 1. The van der Waals surface area contributed by atoms with Gasteiger partial charge in [0, 0.05) is 18.4 Å². The Labute approximate surface area is 123 Å². The average Bonchev–Trinajstić information content (AvgIpc) is 2.55. The molecule has 0 spiro atoms. The van der Waals surface area contributed by atoms with Gasteiger partial charge in [-0.1, -0.05) is 12.1 Å². The summed E-state index contributed by atoms with van der Waals surface area (Å²) in [6.45, 7) is 1.75.